The van der Waals surface area contributed by atoms with Gasteiger partial charge < -0.3 is 10.2 Å². The van der Waals surface area contributed by atoms with Gasteiger partial charge in [-0.3, -0.25) is 9.69 Å². The van der Waals surface area contributed by atoms with Gasteiger partial charge in [0.15, 0.2) is 0 Å². The molecule has 0 spiro atoms. The molecule has 0 saturated carbocycles. The van der Waals surface area contributed by atoms with Crippen LogP contribution >= 0.6 is 0 Å². The number of phenols is 1. The number of carbonyl (C=O) groups is 1. The number of aliphatic carboxylic acids is 1. The maximum absolute atomic E-state index is 10.7. The van der Waals surface area contributed by atoms with Gasteiger partial charge in [-0.1, -0.05) is 12.1 Å². The van der Waals surface area contributed by atoms with Gasteiger partial charge in [0.25, 0.3) is 0 Å². The van der Waals surface area contributed by atoms with Crippen molar-refractivity contribution in [2.45, 2.75) is 31.8 Å². The molecule has 0 amide bonds. The fourth-order valence-corrected chi connectivity index (χ4v) is 2.43. The Morgan fingerprint density at radius 2 is 2.29 bits per heavy atom. The summed E-state index contributed by atoms with van der Waals surface area (Å²) < 4.78 is 0. The van der Waals surface area contributed by atoms with Gasteiger partial charge in [-0.2, -0.15) is 0 Å². The van der Waals surface area contributed by atoms with Gasteiger partial charge in [0.1, 0.15) is 5.75 Å². The van der Waals surface area contributed by atoms with Gasteiger partial charge in [-0.15, -0.1) is 0 Å². The number of nitrogens with zero attached hydrogens (tertiary/aromatic N) is 1. The summed E-state index contributed by atoms with van der Waals surface area (Å²) >= 11 is 0. The van der Waals surface area contributed by atoms with E-state index in [9.17, 15) is 9.90 Å². The number of likely N-dealkylation sites (tertiary alicyclic amines) is 1. The fraction of sp³-hybridized carbons (Fsp3) is 0.462. The number of rotatable bonds is 4. The highest BCUT2D eigenvalue weighted by molar-refractivity contribution is 5.67. The third-order valence-corrected chi connectivity index (χ3v) is 3.21. The topological polar surface area (TPSA) is 60.8 Å². The Kier molecular flexibility index (Phi) is 3.64. The minimum absolute atomic E-state index is 0.134. The Morgan fingerprint density at radius 1 is 1.47 bits per heavy atom. The molecule has 0 radical (unpaired) electrons. The monoisotopic (exact) mass is 235 g/mol. The molecule has 1 fully saturated rings. The lowest BCUT2D eigenvalue weighted by Gasteiger charge is -2.23. The van der Waals surface area contributed by atoms with E-state index < -0.39 is 5.97 Å². The van der Waals surface area contributed by atoms with Gasteiger partial charge >= 0.3 is 5.97 Å². The van der Waals surface area contributed by atoms with Crippen LogP contribution < -0.4 is 0 Å². The van der Waals surface area contributed by atoms with Crippen LogP contribution in [0.4, 0.5) is 0 Å². The zero-order chi connectivity index (χ0) is 12.3. The molecule has 0 bridgehead atoms. The number of hydrogen-bond acceptors (Lipinski definition) is 3. The van der Waals surface area contributed by atoms with Crippen LogP contribution in [0.1, 0.15) is 24.8 Å². The molecule has 1 heterocycles. The molecule has 1 saturated heterocycles. The first-order valence-electron chi connectivity index (χ1n) is 5.89. The van der Waals surface area contributed by atoms with Crippen molar-refractivity contribution in [1.82, 2.24) is 4.90 Å². The van der Waals surface area contributed by atoms with Crippen molar-refractivity contribution in [2.24, 2.45) is 0 Å². The fourth-order valence-electron chi connectivity index (χ4n) is 2.43. The maximum Gasteiger partial charge on any atom is 0.304 e. The minimum Gasteiger partial charge on any atom is -0.508 e. The number of aromatic hydroxyl groups is 1. The molecule has 2 rings (SSSR count). The second-order valence-electron chi connectivity index (χ2n) is 4.53. The van der Waals surface area contributed by atoms with Gasteiger partial charge in [-0.05, 0) is 37.1 Å². The summed E-state index contributed by atoms with van der Waals surface area (Å²) in [5.41, 5.74) is 1.03. The highest BCUT2D eigenvalue weighted by Crippen LogP contribution is 2.23. The Hall–Kier alpha value is -1.55. The smallest absolute Gasteiger partial charge is 0.304 e. The largest absolute Gasteiger partial charge is 0.508 e. The molecule has 0 aliphatic carbocycles. The number of hydrogen-bond donors (Lipinski definition) is 2. The summed E-state index contributed by atoms with van der Waals surface area (Å²) in [6, 6.07) is 7.27. The summed E-state index contributed by atoms with van der Waals surface area (Å²) in [5.74, 6) is -0.478. The van der Waals surface area contributed by atoms with E-state index >= 15 is 0 Å². The van der Waals surface area contributed by atoms with E-state index in [4.69, 9.17) is 5.11 Å². The van der Waals surface area contributed by atoms with E-state index in [0.717, 1.165) is 24.9 Å². The standard InChI is InChI=1S/C13H17NO3/c15-12-5-1-3-10(7-12)9-14-6-2-4-11(14)8-13(16)17/h1,3,5,7,11,15H,2,4,6,8-9H2,(H,16,17). The van der Waals surface area contributed by atoms with Gasteiger partial charge in [-0.25, -0.2) is 0 Å². The number of benzene rings is 1. The quantitative estimate of drug-likeness (QED) is 0.835. The summed E-state index contributed by atoms with van der Waals surface area (Å²) in [6.45, 7) is 1.65. The number of phenolic OH excluding ortho intramolecular Hbond substituents is 1. The van der Waals surface area contributed by atoms with E-state index in [2.05, 4.69) is 4.90 Å². The lowest BCUT2D eigenvalue weighted by molar-refractivity contribution is -0.138. The molecule has 4 nitrogen and oxygen atoms in total. The Bertz CT molecular complexity index is 405. The number of carboxylic acids is 1. The molecule has 1 atom stereocenters. The predicted octanol–water partition coefficient (Wildman–Crippen LogP) is 1.83. The molecule has 1 unspecified atom stereocenters. The first-order valence-corrected chi connectivity index (χ1v) is 5.89. The van der Waals surface area contributed by atoms with E-state index in [1.54, 1.807) is 12.1 Å². The lowest BCUT2D eigenvalue weighted by Crippen LogP contribution is -2.30. The summed E-state index contributed by atoms with van der Waals surface area (Å²) in [4.78, 5) is 12.9. The molecule has 17 heavy (non-hydrogen) atoms. The average molecular weight is 235 g/mol. The molecule has 2 N–H and O–H groups in total. The zero-order valence-corrected chi connectivity index (χ0v) is 9.67. The Morgan fingerprint density at radius 3 is 3.00 bits per heavy atom. The highest BCUT2D eigenvalue weighted by Gasteiger charge is 2.26. The first kappa shape index (κ1) is 11.9. The first-order chi connectivity index (χ1) is 8.15. The Labute approximate surface area is 100 Å². The summed E-state index contributed by atoms with van der Waals surface area (Å²) in [6.07, 6.45) is 2.21. The van der Waals surface area contributed by atoms with E-state index in [-0.39, 0.29) is 18.2 Å². The summed E-state index contributed by atoms with van der Waals surface area (Å²) in [7, 11) is 0. The van der Waals surface area contributed by atoms with Crippen LogP contribution in [-0.4, -0.2) is 33.7 Å². The number of carboxylic acid groups (broad SMARTS) is 1. The van der Waals surface area contributed by atoms with Crippen LogP contribution in [0.2, 0.25) is 0 Å². The molecular weight excluding hydrogens is 218 g/mol. The van der Waals surface area contributed by atoms with Gasteiger partial charge in [0, 0.05) is 12.6 Å². The molecule has 1 aliphatic rings. The van der Waals surface area contributed by atoms with Crippen molar-refractivity contribution in [3.8, 4) is 5.75 Å². The van der Waals surface area contributed by atoms with Crippen molar-refractivity contribution in [1.29, 1.82) is 0 Å². The third-order valence-electron chi connectivity index (χ3n) is 3.21. The second-order valence-corrected chi connectivity index (χ2v) is 4.53. The van der Waals surface area contributed by atoms with Crippen molar-refractivity contribution in [3.05, 3.63) is 29.8 Å². The van der Waals surface area contributed by atoms with E-state index in [1.165, 1.54) is 0 Å². The molecule has 0 aromatic heterocycles. The minimum atomic E-state index is -0.738. The molecule has 1 aliphatic heterocycles. The summed E-state index contributed by atoms with van der Waals surface area (Å²) in [5, 5.41) is 18.2. The zero-order valence-electron chi connectivity index (χ0n) is 9.67. The third kappa shape index (κ3) is 3.20. The van der Waals surface area contributed by atoms with E-state index in [1.807, 2.05) is 12.1 Å². The Balaban J connectivity index is 2.00. The van der Waals surface area contributed by atoms with Crippen molar-refractivity contribution in [3.63, 3.8) is 0 Å². The van der Waals surface area contributed by atoms with Crippen LogP contribution in [0.15, 0.2) is 24.3 Å². The second kappa shape index (κ2) is 5.19. The van der Waals surface area contributed by atoms with Crippen LogP contribution in [0.5, 0.6) is 5.75 Å². The van der Waals surface area contributed by atoms with Crippen molar-refractivity contribution in [2.75, 3.05) is 6.54 Å². The normalized spacial score (nSPS) is 20.6. The molecule has 1 aromatic rings. The van der Waals surface area contributed by atoms with Crippen LogP contribution in [0.25, 0.3) is 0 Å². The molecule has 1 aromatic carbocycles. The van der Waals surface area contributed by atoms with E-state index in [0.29, 0.717) is 6.54 Å². The van der Waals surface area contributed by atoms with Crippen molar-refractivity contribution >= 4 is 5.97 Å². The predicted molar refractivity (Wildman–Crippen MR) is 63.8 cm³/mol. The van der Waals surface area contributed by atoms with Crippen LogP contribution in [0, 0.1) is 0 Å². The molecule has 4 heteroatoms. The van der Waals surface area contributed by atoms with Gasteiger partial charge in [0.05, 0.1) is 6.42 Å². The SMILES string of the molecule is O=C(O)CC1CCCN1Cc1cccc(O)c1. The van der Waals surface area contributed by atoms with Crippen LogP contribution in [-0.2, 0) is 11.3 Å². The molecule has 92 valence electrons. The van der Waals surface area contributed by atoms with Crippen molar-refractivity contribution < 1.29 is 15.0 Å². The lowest BCUT2D eigenvalue weighted by atomic mass is 10.1. The average Bonchev–Trinajstić information content (AvgIpc) is 2.65. The van der Waals surface area contributed by atoms with Gasteiger partial charge in [0.2, 0.25) is 0 Å². The highest BCUT2D eigenvalue weighted by atomic mass is 16.4. The maximum atomic E-state index is 10.7. The van der Waals surface area contributed by atoms with Crippen LogP contribution in [0.3, 0.4) is 0 Å². The molecular formula is C13H17NO3.